The Labute approximate surface area is 273 Å². The molecule has 14 nitrogen and oxygen atoms in total. The van der Waals surface area contributed by atoms with Crippen LogP contribution < -0.4 is 32.7 Å². The zero-order valence-electron chi connectivity index (χ0n) is 28.2. The number of carbonyl (C=O) groups is 5. The van der Waals surface area contributed by atoms with Crippen LogP contribution in [-0.4, -0.2) is 116 Å². The van der Waals surface area contributed by atoms with Gasteiger partial charge in [-0.25, -0.2) is 0 Å². The number of hydrogen-bond donors (Lipinski definition) is 6. The second-order valence-electron chi connectivity index (χ2n) is 13.7. The van der Waals surface area contributed by atoms with Crippen molar-refractivity contribution in [2.45, 2.75) is 96.4 Å². The van der Waals surface area contributed by atoms with Gasteiger partial charge in [0.25, 0.3) is 5.91 Å². The minimum absolute atomic E-state index is 0.0696. The zero-order valence-corrected chi connectivity index (χ0v) is 28.2. The summed E-state index contributed by atoms with van der Waals surface area (Å²) in [6, 6.07) is -4.29. The maximum absolute atomic E-state index is 13.9. The highest BCUT2D eigenvalue weighted by Crippen LogP contribution is 2.27. The van der Waals surface area contributed by atoms with Gasteiger partial charge in [-0.3, -0.25) is 24.0 Å². The molecule has 0 aromatic carbocycles. The van der Waals surface area contributed by atoms with Crippen molar-refractivity contribution in [3.05, 3.63) is 11.8 Å². The van der Waals surface area contributed by atoms with E-state index in [2.05, 4.69) is 21.3 Å². The number of likely N-dealkylation sites (tertiary alicyclic amines) is 1. The summed E-state index contributed by atoms with van der Waals surface area (Å²) < 4.78 is 5.67. The lowest BCUT2D eigenvalue weighted by Crippen LogP contribution is -2.63. The number of likely N-dealkylation sites (N-methyl/N-ethyl adjacent to an activating group) is 1. The molecule has 3 aliphatic rings. The van der Waals surface area contributed by atoms with Crippen LogP contribution in [0, 0.1) is 17.8 Å². The van der Waals surface area contributed by atoms with Crippen molar-refractivity contribution in [2.75, 3.05) is 46.4 Å². The highest BCUT2D eigenvalue weighted by Gasteiger charge is 2.38. The van der Waals surface area contributed by atoms with Crippen molar-refractivity contribution in [1.29, 1.82) is 0 Å². The molecule has 0 bridgehead atoms. The molecule has 0 aromatic heterocycles. The molecular weight excluding hydrogens is 592 g/mol. The van der Waals surface area contributed by atoms with Crippen LogP contribution in [-0.2, 0) is 28.7 Å². The topological polar surface area (TPSA) is 201 Å². The molecule has 4 unspecified atom stereocenters. The average molecular weight is 649 g/mol. The highest BCUT2D eigenvalue weighted by molar-refractivity contribution is 5.98. The van der Waals surface area contributed by atoms with Crippen LogP contribution in [0.4, 0.5) is 0 Å². The fraction of sp³-hybridized carbons (Fsp3) is 0.781. The summed E-state index contributed by atoms with van der Waals surface area (Å²) in [5, 5.41) is 11.4. The van der Waals surface area contributed by atoms with E-state index in [0.717, 1.165) is 32.1 Å². The van der Waals surface area contributed by atoms with Crippen LogP contribution in [0.3, 0.4) is 0 Å². The summed E-state index contributed by atoms with van der Waals surface area (Å²) >= 11 is 0. The van der Waals surface area contributed by atoms with E-state index < -0.39 is 59.7 Å². The fourth-order valence-electron chi connectivity index (χ4n) is 6.37. The number of nitrogens with one attached hydrogen (secondary N) is 4. The van der Waals surface area contributed by atoms with Crippen molar-refractivity contribution in [1.82, 2.24) is 31.1 Å². The molecule has 1 saturated carbocycles. The zero-order chi connectivity index (χ0) is 34.0. The Morgan fingerprint density at radius 1 is 0.870 bits per heavy atom. The first-order chi connectivity index (χ1) is 21.8. The fourth-order valence-corrected chi connectivity index (χ4v) is 6.37. The molecule has 14 heteroatoms. The third-order valence-corrected chi connectivity index (χ3v) is 9.13. The predicted octanol–water partition coefficient (Wildman–Crippen LogP) is -0.818. The molecule has 3 rings (SSSR count). The maximum Gasteiger partial charge on any atom is 0.253 e. The molecule has 46 heavy (non-hydrogen) atoms. The van der Waals surface area contributed by atoms with Crippen LogP contribution in [0.5, 0.6) is 0 Å². The van der Waals surface area contributed by atoms with Gasteiger partial charge in [0, 0.05) is 38.8 Å². The predicted molar refractivity (Wildman–Crippen MR) is 174 cm³/mol. The second-order valence-corrected chi connectivity index (χ2v) is 13.7. The summed E-state index contributed by atoms with van der Waals surface area (Å²) in [5.74, 6) is -2.10. The van der Waals surface area contributed by atoms with E-state index in [0.29, 0.717) is 32.0 Å². The monoisotopic (exact) mass is 648 g/mol. The molecule has 260 valence electrons. The van der Waals surface area contributed by atoms with E-state index in [1.807, 2.05) is 18.7 Å². The molecule has 5 atom stereocenters. The van der Waals surface area contributed by atoms with Crippen LogP contribution in [0.2, 0.25) is 0 Å². The summed E-state index contributed by atoms with van der Waals surface area (Å²) in [6.07, 6.45) is 6.05. The number of amides is 5. The first kappa shape index (κ1) is 37.2. The normalized spacial score (nSPS) is 30.4. The molecule has 0 aromatic rings. The van der Waals surface area contributed by atoms with Crippen molar-refractivity contribution in [3.8, 4) is 0 Å². The van der Waals surface area contributed by atoms with E-state index in [-0.39, 0.29) is 37.1 Å². The number of nitrogens with two attached hydrogens (primary N) is 2. The molecule has 0 spiro atoms. The van der Waals surface area contributed by atoms with Gasteiger partial charge in [-0.15, -0.1) is 0 Å². The first-order valence-electron chi connectivity index (χ1n) is 16.7. The standard InChI is InChI=1S/C32H56N8O6/c1-19(2)11-26-30(43)38-27(23-9-7-6-8-10-23)31(44)36-24(13-34)28(41)37-25(16-40-14-22(12-33)15-40)29(42)35-21(4)18-46-17-20(3)32(45)39(26)5/h17,19,21-27H,6-16,18,33-34H2,1-5H3,(H,35,42)(H,36,44)(H,37,41)(H,38,43)/b20-17-/t21-,24?,25?,26?,27?/m1/s1. The van der Waals surface area contributed by atoms with Gasteiger partial charge < -0.3 is 47.3 Å². The minimum atomic E-state index is -1.13. The first-order valence-corrected chi connectivity index (χ1v) is 16.7. The van der Waals surface area contributed by atoms with Crippen LogP contribution in [0.25, 0.3) is 0 Å². The average Bonchev–Trinajstić information content (AvgIpc) is 3.00. The van der Waals surface area contributed by atoms with E-state index >= 15 is 0 Å². The molecule has 1 saturated heterocycles. The lowest BCUT2D eigenvalue weighted by molar-refractivity contribution is -0.139. The SMILES string of the molecule is C/C1=C/OC[C@@H](C)NC(=O)C(CN2CC(CN)C2)NC(=O)C(CN)NC(=O)C(C2CCCCC2)NC(=O)C(CC(C)C)N(C)C1=O. The largest absolute Gasteiger partial charge is 0.499 e. The van der Waals surface area contributed by atoms with Gasteiger partial charge in [-0.05, 0) is 57.4 Å². The number of ether oxygens (including phenoxy) is 1. The number of rotatable bonds is 7. The van der Waals surface area contributed by atoms with Crippen LogP contribution >= 0.6 is 0 Å². The Morgan fingerprint density at radius 2 is 1.50 bits per heavy atom. The number of carbonyl (C=O) groups excluding carboxylic acids is 5. The van der Waals surface area contributed by atoms with E-state index in [4.69, 9.17) is 16.2 Å². The molecule has 2 aliphatic heterocycles. The molecule has 5 amide bonds. The van der Waals surface area contributed by atoms with Gasteiger partial charge >= 0.3 is 0 Å². The van der Waals surface area contributed by atoms with Gasteiger partial charge in [0.05, 0.1) is 12.3 Å². The summed E-state index contributed by atoms with van der Waals surface area (Å²) in [5.41, 5.74) is 12.0. The lowest BCUT2D eigenvalue weighted by Gasteiger charge is -2.40. The van der Waals surface area contributed by atoms with Gasteiger partial charge in [-0.2, -0.15) is 0 Å². The van der Waals surface area contributed by atoms with Gasteiger partial charge in [-0.1, -0.05) is 33.1 Å². The Balaban J connectivity index is 1.94. The third-order valence-electron chi connectivity index (χ3n) is 9.13. The number of nitrogens with zero attached hydrogens (tertiary/aromatic N) is 2. The van der Waals surface area contributed by atoms with E-state index in [1.54, 1.807) is 20.9 Å². The van der Waals surface area contributed by atoms with Gasteiger partial charge in [0.15, 0.2) is 0 Å². The van der Waals surface area contributed by atoms with Crippen molar-refractivity contribution in [3.63, 3.8) is 0 Å². The van der Waals surface area contributed by atoms with Crippen LogP contribution in [0.15, 0.2) is 11.8 Å². The van der Waals surface area contributed by atoms with E-state index in [9.17, 15) is 24.0 Å². The van der Waals surface area contributed by atoms with E-state index in [1.165, 1.54) is 11.2 Å². The highest BCUT2D eigenvalue weighted by atomic mass is 16.5. The second kappa shape index (κ2) is 17.6. The third kappa shape index (κ3) is 10.4. The quantitative estimate of drug-likeness (QED) is 0.204. The molecule has 8 N–H and O–H groups in total. The molecule has 0 radical (unpaired) electrons. The summed E-state index contributed by atoms with van der Waals surface area (Å²) in [6.45, 7) is 9.35. The van der Waals surface area contributed by atoms with Crippen LogP contribution in [0.1, 0.15) is 66.2 Å². The number of hydrogen-bond acceptors (Lipinski definition) is 9. The Hall–Kier alpha value is -3.23. The van der Waals surface area contributed by atoms with Gasteiger partial charge in [0.1, 0.15) is 30.8 Å². The van der Waals surface area contributed by atoms with Crippen molar-refractivity contribution in [2.24, 2.45) is 29.2 Å². The minimum Gasteiger partial charge on any atom is -0.499 e. The summed E-state index contributed by atoms with van der Waals surface area (Å²) in [7, 11) is 1.57. The Kier molecular flexibility index (Phi) is 14.3. The molecular formula is C32H56N8O6. The maximum atomic E-state index is 13.9. The Bertz CT molecular complexity index is 1100. The molecule has 2 fully saturated rings. The van der Waals surface area contributed by atoms with Crippen molar-refractivity contribution >= 4 is 29.5 Å². The summed E-state index contributed by atoms with van der Waals surface area (Å²) in [4.78, 5) is 71.5. The molecule has 2 heterocycles. The lowest BCUT2D eigenvalue weighted by atomic mass is 9.83. The van der Waals surface area contributed by atoms with Gasteiger partial charge in [0.2, 0.25) is 23.6 Å². The van der Waals surface area contributed by atoms with Crippen molar-refractivity contribution < 1.29 is 28.7 Å². The molecule has 1 aliphatic carbocycles. The Morgan fingerprint density at radius 3 is 2.11 bits per heavy atom. The smallest absolute Gasteiger partial charge is 0.253 e.